The summed E-state index contributed by atoms with van der Waals surface area (Å²) in [5.41, 5.74) is 5.72. The summed E-state index contributed by atoms with van der Waals surface area (Å²) in [6.07, 6.45) is 0. The van der Waals surface area contributed by atoms with E-state index in [4.69, 9.17) is 15.2 Å². The molecule has 1 aliphatic heterocycles. The molecule has 0 amide bonds. The summed E-state index contributed by atoms with van der Waals surface area (Å²) in [6, 6.07) is 7.80. The normalized spacial score (nSPS) is 18.3. The molecule has 0 aromatic heterocycles. The van der Waals surface area contributed by atoms with Crippen LogP contribution in [0.1, 0.15) is 0 Å². The minimum atomic E-state index is 0.0348. The van der Waals surface area contributed by atoms with Crippen molar-refractivity contribution in [2.24, 2.45) is 11.1 Å². The second kappa shape index (κ2) is 4.51. The van der Waals surface area contributed by atoms with Gasteiger partial charge >= 0.3 is 0 Å². The van der Waals surface area contributed by atoms with Gasteiger partial charge in [0, 0.05) is 11.0 Å². The molecule has 1 saturated heterocycles. The number of benzene rings is 1. The van der Waals surface area contributed by atoms with Gasteiger partial charge in [-0.1, -0.05) is 15.9 Å². The molecule has 0 radical (unpaired) electrons. The predicted octanol–water partition coefficient (Wildman–Crippen LogP) is 1.80. The lowest BCUT2D eigenvalue weighted by Gasteiger charge is -2.39. The molecule has 0 atom stereocenters. The Bertz CT molecular complexity index is 316. The van der Waals surface area contributed by atoms with Crippen LogP contribution in [-0.2, 0) is 4.74 Å². The van der Waals surface area contributed by atoms with Crippen molar-refractivity contribution >= 4 is 15.9 Å². The van der Waals surface area contributed by atoms with E-state index in [1.165, 1.54) is 0 Å². The van der Waals surface area contributed by atoms with Gasteiger partial charge in [0.05, 0.1) is 25.2 Å². The van der Waals surface area contributed by atoms with Gasteiger partial charge in [-0.15, -0.1) is 0 Å². The Morgan fingerprint density at radius 3 is 2.47 bits per heavy atom. The van der Waals surface area contributed by atoms with Gasteiger partial charge in [-0.05, 0) is 24.3 Å². The van der Waals surface area contributed by atoms with Gasteiger partial charge in [0.15, 0.2) is 0 Å². The Morgan fingerprint density at radius 2 is 2.00 bits per heavy atom. The molecule has 1 aromatic carbocycles. The molecule has 1 aliphatic rings. The Morgan fingerprint density at radius 1 is 1.33 bits per heavy atom. The molecule has 4 heteroatoms. The van der Waals surface area contributed by atoms with Crippen molar-refractivity contribution in [3.63, 3.8) is 0 Å². The number of hydrogen-bond donors (Lipinski definition) is 1. The first-order valence-corrected chi connectivity index (χ1v) is 5.70. The molecule has 0 aliphatic carbocycles. The van der Waals surface area contributed by atoms with Crippen LogP contribution in [0.15, 0.2) is 28.7 Å². The highest BCUT2D eigenvalue weighted by Crippen LogP contribution is 2.27. The van der Waals surface area contributed by atoms with E-state index in [0.29, 0.717) is 26.4 Å². The Labute approximate surface area is 97.7 Å². The second-order valence-electron chi connectivity index (χ2n) is 3.94. The number of halogens is 1. The van der Waals surface area contributed by atoms with Crippen LogP contribution in [0.2, 0.25) is 0 Å². The summed E-state index contributed by atoms with van der Waals surface area (Å²) in [4.78, 5) is 0. The van der Waals surface area contributed by atoms with Crippen molar-refractivity contribution in [3.05, 3.63) is 28.7 Å². The van der Waals surface area contributed by atoms with Crippen molar-refractivity contribution in [2.75, 3.05) is 26.4 Å². The van der Waals surface area contributed by atoms with Crippen LogP contribution in [0.25, 0.3) is 0 Å². The van der Waals surface area contributed by atoms with E-state index in [2.05, 4.69) is 15.9 Å². The molecular weight excluding hydrogens is 258 g/mol. The molecular formula is C11H14BrNO2. The van der Waals surface area contributed by atoms with Crippen molar-refractivity contribution in [3.8, 4) is 5.75 Å². The summed E-state index contributed by atoms with van der Waals surface area (Å²) in [5, 5.41) is 0. The lowest BCUT2D eigenvalue weighted by molar-refractivity contribution is -0.125. The van der Waals surface area contributed by atoms with E-state index >= 15 is 0 Å². The Kier molecular flexibility index (Phi) is 3.29. The third-order valence-corrected chi connectivity index (χ3v) is 3.14. The van der Waals surface area contributed by atoms with Gasteiger partial charge in [-0.2, -0.15) is 0 Å². The van der Waals surface area contributed by atoms with Crippen molar-refractivity contribution < 1.29 is 9.47 Å². The molecule has 82 valence electrons. The van der Waals surface area contributed by atoms with Gasteiger partial charge in [0.1, 0.15) is 5.75 Å². The lowest BCUT2D eigenvalue weighted by atomic mass is 9.87. The largest absolute Gasteiger partial charge is 0.493 e. The van der Waals surface area contributed by atoms with Gasteiger partial charge in [0.2, 0.25) is 0 Å². The third-order valence-electron chi connectivity index (χ3n) is 2.61. The smallest absolute Gasteiger partial charge is 0.119 e. The highest BCUT2D eigenvalue weighted by atomic mass is 79.9. The van der Waals surface area contributed by atoms with Gasteiger partial charge in [0.25, 0.3) is 0 Å². The lowest BCUT2D eigenvalue weighted by Crippen LogP contribution is -2.52. The van der Waals surface area contributed by atoms with Gasteiger partial charge in [-0.25, -0.2) is 0 Å². The molecule has 1 fully saturated rings. The first-order chi connectivity index (χ1) is 7.24. The van der Waals surface area contributed by atoms with Crippen LogP contribution < -0.4 is 10.5 Å². The maximum atomic E-state index is 5.69. The molecule has 1 heterocycles. The zero-order valence-corrected chi connectivity index (χ0v) is 10.00. The third kappa shape index (κ3) is 2.51. The van der Waals surface area contributed by atoms with Crippen molar-refractivity contribution in [1.29, 1.82) is 0 Å². The molecule has 0 bridgehead atoms. The molecule has 0 spiro atoms. The van der Waals surface area contributed by atoms with Crippen LogP contribution >= 0.6 is 15.9 Å². The number of hydrogen-bond acceptors (Lipinski definition) is 3. The van der Waals surface area contributed by atoms with Gasteiger partial charge < -0.3 is 15.2 Å². The monoisotopic (exact) mass is 271 g/mol. The van der Waals surface area contributed by atoms with Crippen LogP contribution in [0.3, 0.4) is 0 Å². The topological polar surface area (TPSA) is 44.5 Å². The van der Waals surface area contributed by atoms with E-state index in [9.17, 15) is 0 Å². The van der Waals surface area contributed by atoms with E-state index in [0.717, 1.165) is 10.2 Å². The molecule has 2 N–H and O–H groups in total. The number of rotatable bonds is 4. The van der Waals surface area contributed by atoms with E-state index in [1.54, 1.807) is 0 Å². The average Bonchev–Trinajstić information content (AvgIpc) is 2.20. The number of nitrogens with two attached hydrogens (primary N) is 1. The van der Waals surface area contributed by atoms with Crippen LogP contribution in [0.4, 0.5) is 0 Å². The summed E-state index contributed by atoms with van der Waals surface area (Å²) < 4.78 is 11.9. The first kappa shape index (κ1) is 10.9. The highest BCUT2D eigenvalue weighted by Gasteiger charge is 2.38. The summed E-state index contributed by atoms with van der Waals surface area (Å²) >= 11 is 3.38. The Hall–Kier alpha value is -0.580. The maximum Gasteiger partial charge on any atom is 0.119 e. The molecule has 1 aromatic rings. The van der Waals surface area contributed by atoms with E-state index in [1.807, 2.05) is 24.3 Å². The molecule has 3 nitrogen and oxygen atoms in total. The zero-order chi connectivity index (χ0) is 10.7. The van der Waals surface area contributed by atoms with Crippen molar-refractivity contribution in [2.45, 2.75) is 0 Å². The summed E-state index contributed by atoms with van der Waals surface area (Å²) in [5.74, 6) is 0.873. The first-order valence-electron chi connectivity index (χ1n) is 4.90. The number of ether oxygens (including phenoxy) is 2. The SMILES string of the molecule is NCC1(COc2ccc(Br)cc2)COC1. The second-order valence-corrected chi connectivity index (χ2v) is 4.86. The molecule has 0 unspecified atom stereocenters. The Balaban J connectivity index is 1.90. The molecule has 0 saturated carbocycles. The zero-order valence-electron chi connectivity index (χ0n) is 8.41. The highest BCUT2D eigenvalue weighted by molar-refractivity contribution is 9.10. The van der Waals surface area contributed by atoms with Crippen LogP contribution in [-0.4, -0.2) is 26.4 Å². The maximum absolute atomic E-state index is 5.69. The molecule has 15 heavy (non-hydrogen) atoms. The van der Waals surface area contributed by atoms with E-state index in [-0.39, 0.29) is 5.41 Å². The standard InChI is InChI=1S/C11H14BrNO2/c12-9-1-3-10(4-2-9)15-8-11(5-13)6-14-7-11/h1-4H,5-8,13H2. The average molecular weight is 272 g/mol. The minimum Gasteiger partial charge on any atom is -0.493 e. The van der Waals surface area contributed by atoms with E-state index < -0.39 is 0 Å². The summed E-state index contributed by atoms with van der Waals surface area (Å²) in [7, 11) is 0. The fourth-order valence-electron chi connectivity index (χ4n) is 1.42. The predicted molar refractivity (Wildman–Crippen MR) is 61.9 cm³/mol. The molecule has 2 rings (SSSR count). The minimum absolute atomic E-state index is 0.0348. The quantitative estimate of drug-likeness (QED) is 0.909. The fourth-order valence-corrected chi connectivity index (χ4v) is 1.68. The fraction of sp³-hybridized carbons (Fsp3) is 0.455. The van der Waals surface area contributed by atoms with Crippen molar-refractivity contribution in [1.82, 2.24) is 0 Å². The van der Waals surface area contributed by atoms with Crippen LogP contribution in [0, 0.1) is 5.41 Å². The van der Waals surface area contributed by atoms with Crippen LogP contribution in [0.5, 0.6) is 5.75 Å². The van der Waals surface area contributed by atoms with Gasteiger partial charge in [-0.3, -0.25) is 0 Å². The summed E-state index contributed by atoms with van der Waals surface area (Å²) in [6.45, 7) is 2.66.